The highest BCUT2D eigenvalue weighted by Gasteiger charge is 2.57. The van der Waals surface area contributed by atoms with Crippen molar-refractivity contribution < 1.29 is 27.9 Å². The lowest BCUT2D eigenvalue weighted by atomic mass is 9.90. The molecule has 0 aromatic heterocycles. The molecule has 0 unspecified atom stereocenters. The number of carbonyl (C=O) groups excluding carboxylic acids is 2. The number of nitrogens with zero attached hydrogens (tertiary/aromatic N) is 2. The molecule has 6 nitrogen and oxygen atoms in total. The van der Waals surface area contributed by atoms with E-state index in [-0.39, 0.29) is 34.9 Å². The number of fused-ring (bicyclic) bond motifs is 2. The smallest absolute Gasteiger partial charge is 0.274 e. The second kappa shape index (κ2) is 6.52. The Bertz CT molecular complexity index is 1010. The molecule has 1 aliphatic carbocycles. The zero-order chi connectivity index (χ0) is 21.2. The van der Waals surface area contributed by atoms with E-state index in [1.807, 2.05) is 4.90 Å². The molecule has 1 aromatic carbocycles. The Kier molecular flexibility index (Phi) is 4.13. The van der Waals surface area contributed by atoms with Crippen LogP contribution in [-0.4, -0.2) is 45.3 Å². The van der Waals surface area contributed by atoms with Crippen LogP contribution in [-0.2, 0) is 16.1 Å². The Hall–Kier alpha value is -2.97. The maximum absolute atomic E-state index is 13.8. The van der Waals surface area contributed by atoms with Crippen molar-refractivity contribution in [3.63, 3.8) is 0 Å². The first-order chi connectivity index (χ1) is 14.3. The molecule has 2 atom stereocenters. The van der Waals surface area contributed by atoms with Gasteiger partial charge in [0.1, 0.15) is 28.9 Å². The van der Waals surface area contributed by atoms with Crippen molar-refractivity contribution in [2.24, 2.45) is 5.92 Å². The number of amides is 2. The topological polar surface area (TPSA) is 72.9 Å². The van der Waals surface area contributed by atoms with Gasteiger partial charge >= 0.3 is 0 Å². The molecule has 0 radical (unpaired) electrons. The Morgan fingerprint density at radius 2 is 2.00 bits per heavy atom. The number of piperazine rings is 1. The molecule has 2 N–H and O–H groups in total. The van der Waals surface area contributed by atoms with Crippen molar-refractivity contribution in [1.29, 1.82) is 0 Å². The van der Waals surface area contributed by atoms with E-state index in [0.29, 0.717) is 31.1 Å². The van der Waals surface area contributed by atoms with Crippen molar-refractivity contribution in [3.05, 3.63) is 58.4 Å². The number of aliphatic hydroxyl groups is 1. The van der Waals surface area contributed by atoms with Gasteiger partial charge in [-0.15, -0.1) is 0 Å². The minimum absolute atomic E-state index is 0.151. The zero-order valence-corrected chi connectivity index (χ0v) is 16.1. The fourth-order valence-electron chi connectivity index (χ4n) is 5.30. The quantitative estimate of drug-likeness (QED) is 0.790. The monoisotopic (exact) mass is 419 g/mol. The molecule has 3 fully saturated rings. The van der Waals surface area contributed by atoms with Gasteiger partial charge in [-0.2, -0.15) is 0 Å². The summed E-state index contributed by atoms with van der Waals surface area (Å²) in [5, 5.41) is 12.9. The standard InChI is InChI=1S/C21H20F3N3O3/c22-13-4-15(23)14(16(24)5-13)7-25-19(29)12-3-17(28)18-20(30)27-8-11-1-2-21(27,6-11)10-26(18)9-12/h4-5,9,11,28H,1-3,6-8,10H2,(H,25,29)/t11-,21+/m1/s1. The molecular formula is C21H20F3N3O3. The van der Waals surface area contributed by atoms with Gasteiger partial charge in [0.25, 0.3) is 5.91 Å². The molecule has 1 saturated carbocycles. The van der Waals surface area contributed by atoms with E-state index >= 15 is 0 Å². The molecule has 158 valence electrons. The summed E-state index contributed by atoms with van der Waals surface area (Å²) < 4.78 is 40.6. The van der Waals surface area contributed by atoms with Gasteiger partial charge < -0.3 is 20.2 Å². The average molecular weight is 419 g/mol. The molecule has 2 bridgehead atoms. The fourth-order valence-corrected chi connectivity index (χ4v) is 5.30. The van der Waals surface area contributed by atoms with Gasteiger partial charge in [0, 0.05) is 55.5 Å². The molecule has 9 heteroatoms. The van der Waals surface area contributed by atoms with E-state index in [1.54, 1.807) is 4.90 Å². The van der Waals surface area contributed by atoms with E-state index in [9.17, 15) is 27.9 Å². The second-order valence-corrected chi connectivity index (χ2v) is 8.53. The Balaban J connectivity index is 1.35. The molecular weight excluding hydrogens is 399 g/mol. The summed E-state index contributed by atoms with van der Waals surface area (Å²) in [6.07, 6.45) is 4.27. The number of hydrogen-bond donors (Lipinski definition) is 2. The fraction of sp³-hybridized carbons (Fsp3) is 0.429. The average Bonchev–Trinajstić information content (AvgIpc) is 3.24. The number of rotatable bonds is 3. The summed E-state index contributed by atoms with van der Waals surface area (Å²) >= 11 is 0. The van der Waals surface area contributed by atoms with Crippen LogP contribution in [0.2, 0.25) is 0 Å². The van der Waals surface area contributed by atoms with Gasteiger partial charge in [-0.1, -0.05) is 0 Å². The zero-order valence-electron chi connectivity index (χ0n) is 16.1. The summed E-state index contributed by atoms with van der Waals surface area (Å²) in [5.41, 5.74) is -0.335. The number of allylic oxidation sites excluding steroid dienone is 1. The van der Waals surface area contributed by atoms with Crippen LogP contribution < -0.4 is 5.32 Å². The van der Waals surface area contributed by atoms with Crippen LogP contribution in [0.4, 0.5) is 13.2 Å². The third kappa shape index (κ3) is 2.79. The number of halogens is 3. The van der Waals surface area contributed by atoms with Gasteiger partial charge in [0.15, 0.2) is 0 Å². The first kappa shape index (κ1) is 19.0. The number of carbonyl (C=O) groups is 2. The molecule has 3 aliphatic heterocycles. The summed E-state index contributed by atoms with van der Waals surface area (Å²) in [4.78, 5) is 29.0. The predicted molar refractivity (Wildman–Crippen MR) is 99.0 cm³/mol. The molecule has 5 rings (SSSR count). The van der Waals surface area contributed by atoms with E-state index in [1.165, 1.54) is 6.20 Å². The maximum atomic E-state index is 13.8. The van der Waals surface area contributed by atoms with Crippen molar-refractivity contribution in [2.75, 3.05) is 13.1 Å². The highest BCUT2D eigenvalue weighted by Crippen LogP contribution is 2.50. The summed E-state index contributed by atoms with van der Waals surface area (Å²) in [6, 6.07) is 1.10. The Labute approximate surface area is 170 Å². The molecule has 2 amide bonds. The molecule has 1 spiro atoms. The van der Waals surface area contributed by atoms with E-state index in [0.717, 1.165) is 19.3 Å². The Morgan fingerprint density at radius 1 is 1.27 bits per heavy atom. The number of benzene rings is 1. The highest BCUT2D eigenvalue weighted by molar-refractivity contribution is 5.99. The van der Waals surface area contributed by atoms with Crippen LogP contribution in [0.5, 0.6) is 0 Å². The van der Waals surface area contributed by atoms with Crippen LogP contribution in [0.15, 0.2) is 35.4 Å². The van der Waals surface area contributed by atoms with Gasteiger partial charge in [0.05, 0.1) is 5.54 Å². The van der Waals surface area contributed by atoms with Crippen LogP contribution in [0.25, 0.3) is 0 Å². The van der Waals surface area contributed by atoms with E-state index < -0.39 is 35.5 Å². The third-order valence-corrected chi connectivity index (χ3v) is 6.67. The minimum Gasteiger partial charge on any atom is -0.510 e. The lowest BCUT2D eigenvalue weighted by Gasteiger charge is -2.48. The largest absolute Gasteiger partial charge is 0.510 e. The van der Waals surface area contributed by atoms with Crippen LogP contribution >= 0.6 is 0 Å². The van der Waals surface area contributed by atoms with Crippen LogP contribution in [0.3, 0.4) is 0 Å². The van der Waals surface area contributed by atoms with Gasteiger partial charge in [-0.3, -0.25) is 9.59 Å². The van der Waals surface area contributed by atoms with Crippen molar-refractivity contribution >= 4 is 11.8 Å². The highest BCUT2D eigenvalue weighted by atomic mass is 19.1. The first-order valence-electron chi connectivity index (χ1n) is 9.90. The number of piperidine rings is 1. The van der Waals surface area contributed by atoms with Crippen molar-refractivity contribution in [3.8, 4) is 0 Å². The molecule has 3 heterocycles. The number of aliphatic hydroxyl groups excluding tert-OH is 1. The van der Waals surface area contributed by atoms with Gasteiger partial charge in [-0.25, -0.2) is 13.2 Å². The van der Waals surface area contributed by atoms with Crippen molar-refractivity contribution in [1.82, 2.24) is 15.1 Å². The van der Waals surface area contributed by atoms with E-state index in [4.69, 9.17) is 0 Å². The number of nitrogens with one attached hydrogen (secondary N) is 1. The SMILES string of the molecule is O=C(NCc1c(F)cc(F)cc1F)C1=CN2C[C@@]34CC[C@@H](CN3C(=O)C2=C(O)C1)C4. The van der Waals surface area contributed by atoms with E-state index in [2.05, 4.69) is 5.32 Å². The molecule has 1 aromatic rings. The predicted octanol–water partition coefficient (Wildman–Crippen LogP) is 2.47. The summed E-state index contributed by atoms with van der Waals surface area (Å²) in [6.45, 7) is 0.742. The summed E-state index contributed by atoms with van der Waals surface area (Å²) in [7, 11) is 0. The number of hydrogen-bond acceptors (Lipinski definition) is 4. The molecule has 30 heavy (non-hydrogen) atoms. The first-order valence-corrected chi connectivity index (χ1v) is 9.90. The normalized spacial score (nSPS) is 27.2. The second-order valence-electron chi connectivity index (χ2n) is 8.53. The Morgan fingerprint density at radius 3 is 2.70 bits per heavy atom. The van der Waals surface area contributed by atoms with Gasteiger partial charge in [0.2, 0.25) is 5.91 Å². The third-order valence-electron chi connectivity index (χ3n) is 6.67. The van der Waals surface area contributed by atoms with Crippen LogP contribution in [0, 0.1) is 23.4 Å². The van der Waals surface area contributed by atoms with Gasteiger partial charge in [-0.05, 0) is 25.2 Å². The lowest BCUT2D eigenvalue weighted by Crippen LogP contribution is -2.60. The molecule has 2 saturated heterocycles. The molecule has 4 aliphatic rings. The maximum Gasteiger partial charge on any atom is 0.274 e. The van der Waals surface area contributed by atoms with Crippen LogP contribution in [0.1, 0.15) is 31.2 Å². The minimum atomic E-state index is -1.09. The van der Waals surface area contributed by atoms with Crippen molar-refractivity contribution in [2.45, 2.75) is 37.8 Å². The summed E-state index contributed by atoms with van der Waals surface area (Å²) in [5.74, 6) is -3.77. The lowest BCUT2D eigenvalue weighted by molar-refractivity contribution is -0.138.